The maximum Gasteiger partial charge on any atom is 0.323 e. The molecule has 0 bridgehead atoms. The molecule has 1 spiro atoms. The van der Waals surface area contributed by atoms with Gasteiger partial charge < -0.3 is 5.32 Å². The maximum absolute atomic E-state index is 14.0. The first-order valence-electron chi connectivity index (χ1n) is 10.4. The Bertz CT molecular complexity index is 954. The topological polar surface area (TPSA) is 52.7 Å². The normalized spacial score (nSPS) is 21.9. The van der Waals surface area contributed by atoms with Gasteiger partial charge in [0.15, 0.2) is 5.54 Å². The van der Waals surface area contributed by atoms with Crippen molar-refractivity contribution < 1.29 is 9.59 Å². The zero-order valence-corrected chi connectivity index (χ0v) is 17.0. The Morgan fingerprint density at radius 2 is 1.69 bits per heavy atom. The van der Waals surface area contributed by atoms with Gasteiger partial charge >= 0.3 is 6.03 Å². The van der Waals surface area contributed by atoms with Crippen molar-refractivity contribution >= 4 is 23.3 Å². The largest absolute Gasteiger partial charge is 0.323 e. The number of allylic oxidation sites excluding steroid dienone is 1. The molecule has 1 fully saturated rings. The Hall–Kier alpha value is -3.08. The average molecular weight is 389 g/mol. The molecule has 3 amide bonds. The van der Waals surface area contributed by atoms with Crippen LogP contribution in [-0.2, 0) is 10.3 Å². The van der Waals surface area contributed by atoms with Crippen molar-refractivity contribution in [3.8, 4) is 0 Å². The third-order valence-electron chi connectivity index (χ3n) is 5.66. The van der Waals surface area contributed by atoms with Crippen molar-refractivity contribution in [3.63, 3.8) is 0 Å². The summed E-state index contributed by atoms with van der Waals surface area (Å²) in [7, 11) is 0. The molecular weight excluding hydrogens is 362 g/mol. The molecule has 4 rings (SSSR count). The fourth-order valence-electron chi connectivity index (χ4n) is 4.27. The van der Waals surface area contributed by atoms with Crippen molar-refractivity contribution in [1.29, 1.82) is 0 Å². The van der Waals surface area contributed by atoms with Gasteiger partial charge in [0, 0.05) is 17.8 Å². The van der Waals surface area contributed by atoms with Gasteiger partial charge in [-0.3, -0.25) is 14.6 Å². The average Bonchev–Trinajstić information content (AvgIpc) is 3.17. The molecule has 0 saturated carbocycles. The van der Waals surface area contributed by atoms with Crippen LogP contribution in [0.3, 0.4) is 0 Å². The number of nitrogens with one attached hydrogen (secondary N) is 1. The highest BCUT2D eigenvalue weighted by atomic mass is 16.2. The molecule has 1 N–H and O–H groups in total. The fourth-order valence-corrected chi connectivity index (χ4v) is 4.27. The first kappa shape index (κ1) is 19.2. The second-order valence-corrected chi connectivity index (χ2v) is 7.56. The van der Waals surface area contributed by atoms with E-state index in [2.05, 4.69) is 25.2 Å². The number of amides is 3. The van der Waals surface area contributed by atoms with E-state index in [4.69, 9.17) is 0 Å². The van der Waals surface area contributed by atoms with Crippen LogP contribution in [0.25, 0.3) is 0 Å². The highest BCUT2D eigenvalue weighted by Gasteiger charge is 2.60. The van der Waals surface area contributed by atoms with E-state index in [1.807, 2.05) is 54.6 Å². The minimum atomic E-state index is -1.16. The van der Waals surface area contributed by atoms with E-state index in [-0.39, 0.29) is 11.9 Å². The van der Waals surface area contributed by atoms with Crippen LogP contribution in [0.4, 0.5) is 16.2 Å². The van der Waals surface area contributed by atoms with Gasteiger partial charge in [-0.2, -0.15) is 0 Å². The van der Waals surface area contributed by atoms with Gasteiger partial charge in [0.05, 0.1) is 11.4 Å². The summed E-state index contributed by atoms with van der Waals surface area (Å²) in [4.78, 5) is 30.5. The Balaban J connectivity index is 1.89. The van der Waals surface area contributed by atoms with Crippen LogP contribution in [0.5, 0.6) is 0 Å². The summed E-state index contributed by atoms with van der Waals surface area (Å²) in [5.41, 5.74) is 2.07. The van der Waals surface area contributed by atoms with E-state index in [9.17, 15) is 9.59 Å². The highest BCUT2D eigenvalue weighted by Crippen LogP contribution is 2.50. The Morgan fingerprint density at radius 3 is 2.41 bits per heavy atom. The zero-order chi connectivity index (χ0) is 20.4. The third-order valence-corrected chi connectivity index (χ3v) is 5.66. The number of carbonyl (C=O) groups is 2. The van der Waals surface area contributed by atoms with Gasteiger partial charge in [0.25, 0.3) is 5.91 Å². The number of nitrogens with zero attached hydrogens (tertiary/aromatic N) is 2. The molecule has 5 nitrogen and oxygen atoms in total. The summed E-state index contributed by atoms with van der Waals surface area (Å²) < 4.78 is 0. The standard InChI is InChI=1S/C24H27N3O2/c1-3-5-16-21-24(25-23(29)26(21)17-6-4-2)19-14-10-11-15-20(19)27(22(24)28)18-12-8-7-9-13-18/h7-16H,3-6,17H2,1-2H3,(H,25,29)/b21-16+. The number of para-hydroxylation sites is 2. The molecule has 0 aromatic heterocycles. The minimum absolute atomic E-state index is 0.125. The molecule has 0 aliphatic carbocycles. The van der Waals surface area contributed by atoms with Gasteiger partial charge in [0.1, 0.15) is 0 Å². The number of unbranched alkanes of at least 4 members (excludes halogenated alkanes) is 2. The Labute approximate surface area is 172 Å². The second kappa shape index (κ2) is 7.74. The quantitative estimate of drug-likeness (QED) is 0.750. The predicted octanol–water partition coefficient (Wildman–Crippen LogP) is 5.07. The number of fused-ring (bicyclic) bond motifs is 2. The second-order valence-electron chi connectivity index (χ2n) is 7.56. The SMILES string of the molecule is CCC/C=C1/N(CCCC)C(=O)NC12C(=O)N(c1ccccc1)c1ccccc12. The lowest BCUT2D eigenvalue weighted by atomic mass is 9.87. The van der Waals surface area contributed by atoms with Gasteiger partial charge in [0.2, 0.25) is 0 Å². The Kier molecular flexibility index (Phi) is 5.14. The lowest BCUT2D eigenvalue weighted by Gasteiger charge is -2.27. The molecule has 2 aromatic carbocycles. The van der Waals surface area contributed by atoms with Gasteiger partial charge in [-0.15, -0.1) is 0 Å². The zero-order valence-electron chi connectivity index (χ0n) is 17.0. The molecular formula is C24H27N3O2. The van der Waals surface area contributed by atoms with E-state index in [0.717, 1.165) is 48.3 Å². The van der Waals surface area contributed by atoms with E-state index < -0.39 is 5.54 Å². The molecule has 2 aromatic rings. The molecule has 1 unspecified atom stereocenters. The molecule has 2 heterocycles. The molecule has 29 heavy (non-hydrogen) atoms. The lowest BCUT2D eigenvalue weighted by molar-refractivity contribution is -0.121. The van der Waals surface area contributed by atoms with Gasteiger partial charge in [-0.1, -0.05) is 69.2 Å². The van der Waals surface area contributed by atoms with Crippen LogP contribution >= 0.6 is 0 Å². The molecule has 1 atom stereocenters. The summed E-state index contributed by atoms with van der Waals surface area (Å²) >= 11 is 0. The molecule has 5 heteroatoms. The van der Waals surface area contributed by atoms with Crippen LogP contribution in [0.1, 0.15) is 45.1 Å². The van der Waals surface area contributed by atoms with E-state index >= 15 is 0 Å². The number of carbonyl (C=O) groups excluding carboxylic acids is 2. The summed E-state index contributed by atoms with van der Waals surface area (Å²) in [6, 6.07) is 17.2. The molecule has 2 aliphatic rings. The van der Waals surface area contributed by atoms with Gasteiger partial charge in [-0.05, 0) is 31.0 Å². The van der Waals surface area contributed by atoms with Crippen LogP contribution in [-0.4, -0.2) is 23.4 Å². The van der Waals surface area contributed by atoms with E-state index in [0.29, 0.717) is 6.54 Å². The monoisotopic (exact) mass is 389 g/mol. The van der Waals surface area contributed by atoms with Crippen molar-refractivity contribution in [3.05, 3.63) is 71.9 Å². The van der Waals surface area contributed by atoms with Crippen molar-refractivity contribution in [1.82, 2.24) is 10.2 Å². The van der Waals surface area contributed by atoms with Crippen molar-refractivity contribution in [2.24, 2.45) is 0 Å². The number of urea groups is 1. The first-order valence-corrected chi connectivity index (χ1v) is 10.4. The number of benzene rings is 2. The van der Waals surface area contributed by atoms with Crippen molar-refractivity contribution in [2.45, 2.75) is 45.1 Å². The third kappa shape index (κ3) is 2.92. The van der Waals surface area contributed by atoms with Gasteiger partial charge in [-0.25, -0.2) is 4.79 Å². The number of anilines is 2. The molecule has 150 valence electrons. The smallest absolute Gasteiger partial charge is 0.314 e. The summed E-state index contributed by atoms with van der Waals surface area (Å²) in [5, 5.41) is 3.08. The minimum Gasteiger partial charge on any atom is -0.314 e. The summed E-state index contributed by atoms with van der Waals surface area (Å²) in [6.07, 6.45) is 5.71. The van der Waals surface area contributed by atoms with Crippen LogP contribution in [0.15, 0.2) is 66.4 Å². The van der Waals surface area contributed by atoms with Crippen LogP contribution in [0.2, 0.25) is 0 Å². The number of hydrogen-bond donors (Lipinski definition) is 1. The van der Waals surface area contributed by atoms with Crippen LogP contribution in [0, 0.1) is 0 Å². The summed E-state index contributed by atoms with van der Waals surface area (Å²) in [6.45, 7) is 4.82. The number of rotatable bonds is 6. The molecule has 1 saturated heterocycles. The molecule has 2 aliphatic heterocycles. The maximum atomic E-state index is 14.0. The Morgan fingerprint density at radius 1 is 0.966 bits per heavy atom. The fraction of sp³-hybridized carbons (Fsp3) is 0.333. The van der Waals surface area contributed by atoms with Crippen LogP contribution < -0.4 is 10.2 Å². The van der Waals surface area contributed by atoms with E-state index in [1.54, 1.807) is 9.80 Å². The first-order chi connectivity index (χ1) is 14.1. The summed E-state index contributed by atoms with van der Waals surface area (Å²) in [5.74, 6) is -0.125. The lowest BCUT2D eigenvalue weighted by Crippen LogP contribution is -2.47. The number of hydrogen-bond acceptors (Lipinski definition) is 2. The highest BCUT2D eigenvalue weighted by molar-refractivity contribution is 6.17. The van der Waals surface area contributed by atoms with Crippen molar-refractivity contribution in [2.75, 3.05) is 11.4 Å². The molecule has 0 radical (unpaired) electrons. The van der Waals surface area contributed by atoms with E-state index in [1.165, 1.54) is 0 Å². The predicted molar refractivity (Wildman–Crippen MR) is 115 cm³/mol.